The monoisotopic (exact) mass is 580 g/mol. The van der Waals surface area contributed by atoms with E-state index in [0.29, 0.717) is 11.0 Å². The van der Waals surface area contributed by atoms with Gasteiger partial charge in [-0.05, 0) is 52.3 Å². The van der Waals surface area contributed by atoms with Crippen LogP contribution in [-0.2, 0) is 51.0 Å². The standard InChI is InChI=1S/C28H40N2O11/c1-13-8-9-14-15(10-13)30(12-17(32)19-21(35-7)23-25(37-19)41-28(4,5)39-23)26(33)29(14)11-16(31)18-20(34-6)22-24(36-18)40-27(2,3)38-22/h8-10,16-25,31-32H,11-12H2,1-7H3/t16-,17+,18+,19+,20-,21-,22-,23-,24-,25-/m1/s1. The summed E-state index contributed by atoms with van der Waals surface area (Å²) in [5.41, 5.74) is 1.76. The van der Waals surface area contributed by atoms with Gasteiger partial charge in [0, 0.05) is 14.2 Å². The normalized spacial score (nSPS) is 37.0. The van der Waals surface area contributed by atoms with Crippen LogP contribution >= 0.6 is 0 Å². The van der Waals surface area contributed by atoms with Crippen molar-refractivity contribution in [1.82, 2.24) is 9.13 Å². The van der Waals surface area contributed by atoms with Gasteiger partial charge >= 0.3 is 5.69 Å². The van der Waals surface area contributed by atoms with E-state index in [1.165, 1.54) is 23.4 Å². The maximum atomic E-state index is 13.8. The molecule has 4 fully saturated rings. The molecule has 13 heteroatoms. The maximum absolute atomic E-state index is 13.8. The summed E-state index contributed by atoms with van der Waals surface area (Å²) in [7, 11) is 3.05. The number of hydrogen-bond donors (Lipinski definition) is 2. The third-order valence-electron chi connectivity index (χ3n) is 8.27. The summed E-state index contributed by atoms with van der Waals surface area (Å²) in [6.45, 7) is 8.93. The molecule has 0 bridgehead atoms. The summed E-state index contributed by atoms with van der Waals surface area (Å²) in [6.07, 6.45) is -7.39. The molecule has 1 aromatic carbocycles. The van der Waals surface area contributed by atoms with Crippen molar-refractivity contribution in [2.75, 3.05) is 14.2 Å². The molecular weight excluding hydrogens is 540 g/mol. The van der Waals surface area contributed by atoms with Gasteiger partial charge in [0.05, 0.1) is 24.1 Å². The topological polar surface area (TPSA) is 141 Å². The molecule has 228 valence electrons. The lowest BCUT2D eigenvalue weighted by molar-refractivity contribution is -0.228. The quantitative estimate of drug-likeness (QED) is 0.454. The Morgan fingerprint density at radius 3 is 1.73 bits per heavy atom. The van der Waals surface area contributed by atoms with Gasteiger partial charge in [-0.1, -0.05) is 6.07 Å². The number of aliphatic hydroxyl groups is 2. The maximum Gasteiger partial charge on any atom is 0.329 e. The minimum atomic E-state index is -1.11. The number of hydrogen-bond acceptors (Lipinski definition) is 11. The van der Waals surface area contributed by atoms with Crippen molar-refractivity contribution in [1.29, 1.82) is 0 Å². The summed E-state index contributed by atoms with van der Waals surface area (Å²) in [6, 6.07) is 5.59. The van der Waals surface area contributed by atoms with Crippen molar-refractivity contribution in [3.63, 3.8) is 0 Å². The largest absolute Gasteiger partial charge is 0.388 e. The molecule has 4 aliphatic heterocycles. The molecule has 41 heavy (non-hydrogen) atoms. The van der Waals surface area contributed by atoms with Crippen LogP contribution in [0.5, 0.6) is 0 Å². The van der Waals surface area contributed by atoms with Crippen LogP contribution in [0.3, 0.4) is 0 Å². The van der Waals surface area contributed by atoms with Gasteiger partial charge in [0.25, 0.3) is 0 Å². The average molecular weight is 581 g/mol. The number of ether oxygens (including phenoxy) is 8. The van der Waals surface area contributed by atoms with Gasteiger partial charge in [-0.3, -0.25) is 9.13 Å². The third-order valence-corrected chi connectivity index (χ3v) is 8.27. The number of nitrogens with zero attached hydrogens (tertiary/aromatic N) is 2. The fourth-order valence-electron chi connectivity index (χ4n) is 6.53. The predicted molar refractivity (Wildman–Crippen MR) is 142 cm³/mol. The zero-order chi connectivity index (χ0) is 29.4. The lowest BCUT2D eigenvalue weighted by Gasteiger charge is -2.28. The number of benzene rings is 1. The third kappa shape index (κ3) is 5.05. The Morgan fingerprint density at radius 2 is 1.27 bits per heavy atom. The first-order chi connectivity index (χ1) is 19.3. The molecule has 4 aliphatic rings. The number of aryl methyl sites for hydroxylation is 1. The number of aliphatic hydroxyl groups excluding tert-OH is 2. The van der Waals surface area contributed by atoms with Crippen molar-refractivity contribution in [3.05, 3.63) is 34.2 Å². The zero-order valence-electron chi connectivity index (χ0n) is 24.4. The lowest BCUT2D eigenvalue weighted by atomic mass is 10.1. The van der Waals surface area contributed by atoms with Gasteiger partial charge in [0.1, 0.15) is 48.8 Å². The van der Waals surface area contributed by atoms with Crippen LogP contribution in [-0.4, -0.2) is 107 Å². The fourth-order valence-corrected chi connectivity index (χ4v) is 6.53. The van der Waals surface area contributed by atoms with E-state index in [1.54, 1.807) is 27.7 Å². The molecule has 2 aromatic rings. The molecule has 0 radical (unpaired) electrons. The van der Waals surface area contributed by atoms with Gasteiger partial charge in [-0.25, -0.2) is 4.79 Å². The smallest absolute Gasteiger partial charge is 0.329 e. The molecular formula is C28H40N2O11. The highest BCUT2D eigenvalue weighted by Gasteiger charge is 2.58. The van der Waals surface area contributed by atoms with Crippen LogP contribution in [0.1, 0.15) is 33.3 Å². The van der Waals surface area contributed by atoms with Gasteiger partial charge < -0.3 is 48.1 Å². The minimum Gasteiger partial charge on any atom is -0.388 e. The Kier molecular flexibility index (Phi) is 7.38. The van der Waals surface area contributed by atoms with Crippen LogP contribution in [0.2, 0.25) is 0 Å². The van der Waals surface area contributed by atoms with Crippen molar-refractivity contribution in [2.24, 2.45) is 0 Å². The molecule has 1 aromatic heterocycles. The highest BCUT2D eigenvalue weighted by Crippen LogP contribution is 2.41. The SMILES string of the molecule is CO[C@@H]1[C@H]([C@H](O)Cn2c(=O)n(C[C@H](O)[C@@H]3O[C@@H]4OC(C)(C)O[C@@H]4[C@@H]3OC)c3cc(C)ccc32)O[C@@H]2OC(C)(C)O[C@@H]21. The highest BCUT2D eigenvalue weighted by atomic mass is 16.9. The second kappa shape index (κ2) is 10.4. The first-order valence-corrected chi connectivity index (χ1v) is 14.0. The zero-order valence-corrected chi connectivity index (χ0v) is 24.4. The van der Waals surface area contributed by atoms with Crippen LogP contribution in [0, 0.1) is 6.92 Å². The van der Waals surface area contributed by atoms with Gasteiger partial charge in [0.15, 0.2) is 24.2 Å². The summed E-state index contributed by atoms with van der Waals surface area (Å²) < 4.78 is 49.8. The first kappa shape index (κ1) is 29.2. The molecule has 0 aliphatic carbocycles. The summed E-state index contributed by atoms with van der Waals surface area (Å²) in [4.78, 5) is 13.8. The first-order valence-electron chi connectivity index (χ1n) is 14.0. The number of fused-ring (bicyclic) bond motifs is 3. The Bertz CT molecular complexity index is 1340. The molecule has 10 atom stereocenters. The number of methoxy groups -OCH3 is 2. The highest BCUT2D eigenvalue weighted by molar-refractivity contribution is 5.77. The van der Waals surface area contributed by atoms with E-state index in [2.05, 4.69) is 0 Å². The number of rotatable bonds is 8. The van der Waals surface area contributed by atoms with E-state index in [0.717, 1.165) is 5.56 Å². The van der Waals surface area contributed by atoms with Crippen molar-refractivity contribution >= 4 is 11.0 Å². The summed E-state index contributed by atoms with van der Waals surface area (Å²) >= 11 is 0. The molecule has 0 unspecified atom stereocenters. The van der Waals surface area contributed by atoms with E-state index < -0.39 is 78.7 Å². The van der Waals surface area contributed by atoms with E-state index in [9.17, 15) is 15.0 Å². The molecule has 4 saturated heterocycles. The number of imidazole rings is 1. The molecule has 0 saturated carbocycles. The summed E-state index contributed by atoms with van der Waals surface area (Å²) in [5.74, 6) is -1.66. The van der Waals surface area contributed by atoms with Gasteiger partial charge in [0.2, 0.25) is 0 Å². The van der Waals surface area contributed by atoms with Crippen LogP contribution in [0.15, 0.2) is 23.0 Å². The second-order valence-corrected chi connectivity index (χ2v) is 12.2. The van der Waals surface area contributed by atoms with Crippen LogP contribution in [0.25, 0.3) is 11.0 Å². The predicted octanol–water partition coefficient (Wildman–Crippen LogP) is 0.616. The van der Waals surface area contributed by atoms with Gasteiger partial charge in [-0.2, -0.15) is 0 Å². The Balaban J connectivity index is 1.25. The fraction of sp³-hybridized carbons (Fsp3) is 0.750. The van der Waals surface area contributed by atoms with Crippen molar-refractivity contribution in [3.8, 4) is 0 Å². The van der Waals surface area contributed by atoms with E-state index in [1.807, 2.05) is 25.1 Å². The van der Waals surface area contributed by atoms with Crippen LogP contribution < -0.4 is 5.69 Å². The Labute approximate surface area is 237 Å². The average Bonchev–Trinajstić information content (AvgIpc) is 3.63. The molecule has 0 amide bonds. The van der Waals surface area contributed by atoms with Crippen molar-refractivity contribution < 1.29 is 48.1 Å². The molecule has 6 rings (SSSR count). The van der Waals surface area contributed by atoms with E-state index in [-0.39, 0.29) is 13.1 Å². The number of aromatic nitrogens is 2. The molecule has 13 nitrogen and oxygen atoms in total. The van der Waals surface area contributed by atoms with Gasteiger partial charge in [-0.15, -0.1) is 0 Å². The summed E-state index contributed by atoms with van der Waals surface area (Å²) in [5, 5.41) is 22.6. The van der Waals surface area contributed by atoms with E-state index >= 15 is 0 Å². The minimum absolute atomic E-state index is 0.0726. The molecule has 2 N–H and O–H groups in total. The van der Waals surface area contributed by atoms with Crippen molar-refractivity contribution in [2.45, 2.75) is 121 Å². The second-order valence-electron chi connectivity index (χ2n) is 12.2. The molecule has 5 heterocycles. The molecule has 0 spiro atoms. The lowest BCUT2D eigenvalue weighted by Crippen LogP contribution is -2.46. The Hall–Kier alpha value is -1.91. The van der Waals surface area contributed by atoms with Crippen LogP contribution in [0.4, 0.5) is 0 Å². The Morgan fingerprint density at radius 1 is 0.805 bits per heavy atom. The van der Waals surface area contributed by atoms with E-state index in [4.69, 9.17) is 37.9 Å².